The van der Waals surface area contributed by atoms with Gasteiger partial charge in [-0.3, -0.25) is 5.43 Å². The first-order chi connectivity index (χ1) is 11.2. The number of hydrazone groups is 1. The fourth-order valence-corrected chi connectivity index (χ4v) is 2.03. The third-order valence-corrected chi connectivity index (χ3v) is 3.22. The lowest BCUT2D eigenvalue weighted by atomic mass is 10.2. The number of aromatic nitrogens is 1. The first kappa shape index (κ1) is 17.0. The van der Waals surface area contributed by atoms with Crippen LogP contribution in [0, 0.1) is 0 Å². The number of furan rings is 1. The zero-order valence-corrected chi connectivity index (χ0v) is 13.9. The monoisotopic (exact) mass is 331 g/mol. The number of thiocarbonyl (C=S) groups is 1. The molecule has 7 heteroatoms. The van der Waals surface area contributed by atoms with E-state index in [1.54, 1.807) is 6.20 Å². The number of hydrogen-bond donors (Lipinski definition) is 3. The van der Waals surface area contributed by atoms with E-state index in [1.807, 2.05) is 24.3 Å². The number of unbranched alkanes of at least 4 members (excludes halogenated alkanes) is 2. The van der Waals surface area contributed by atoms with Gasteiger partial charge in [-0.15, -0.1) is 0 Å². The van der Waals surface area contributed by atoms with Crippen LogP contribution in [0.25, 0.3) is 11.3 Å². The molecule has 0 saturated heterocycles. The second kappa shape index (κ2) is 8.89. The Bertz CT molecular complexity index is 651. The molecule has 0 bridgehead atoms. The number of nitrogens with one attached hydrogen (secondary N) is 2. The van der Waals surface area contributed by atoms with Crippen molar-refractivity contribution in [3.8, 4) is 11.3 Å². The van der Waals surface area contributed by atoms with E-state index >= 15 is 0 Å². The summed E-state index contributed by atoms with van der Waals surface area (Å²) in [5.41, 5.74) is 8.67. The first-order valence-electron chi connectivity index (χ1n) is 7.57. The summed E-state index contributed by atoms with van der Waals surface area (Å²) in [5, 5.41) is 7.27. The predicted molar refractivity (Wildman–Crippen MR) is 97.5 cm³/mol. The van der Waals surface area contributed by atoms with Crippen molar-refractivity contribution in [1.82, 2.24) is 10.4 Å². The van der Waals surface area contributed by atoms with Crippen LogP contribution >= 0.6 is 12.2 Å². The fraction of sp³-hybridized carbons (Fsp3) is 0.312. The van der Waals surface area contributed by atoms with E-state index in [9.17, 15) is 0 Å². The Hall–Kier alpha value is -2.41. The summed E-state index contributed by atoms with van der Waals surface area (Å²) >= 11 is 4.66. The van der Waals surface area contributed by atoms with Crippen LogP contribution in [0.2, 0.25) is 0 Å². The van der Waals surface area contributed by atoms with Gasteiger partial charge in [0.15, 0.2) is 5.11 Å². The minimum Gasteiger partial charge on any atom is -0.455 e. The lowest BCUT2D eigenvalue weighted by Gasteiger charge is -2.05. The zero-order valence-electron chi connectivity index (χ0n) is 13.1. The minimum absolute atomic E-state index is 0.110. The van der Waals surface area contributed by atoms with Crippen molar-refractivity contribution in [3.63, 3.8) is 0 Å². The maximum atomic E-state index is 5.67. The van der Waals surface area contributed by atoms with Crippen LogP contribution in [-0.4, -0.2) is 22.9 Å². The number of anilines is 1. The quantitative estimate of drug-likeness (QED) is 0.298. The predicted octanol–water partition coefficient (Wildman–Crippen LogP) is 3.11. The zero-order chi connectivity index (χ0) is 16.5. The van der Waals surface area contributed by atoms with Crippen molar-refractivity contribution in [2.24, 2.45) is 10.8 Å². The molecule has 6 nitrogen and oxygen atoms in total. The van der Waals surface area contributed by atoms with Crippen LogP contribution in [0.1, 0.15) is 31.9 Å². The molecular weight excluding hydrogens is 310 g/mol. The van der Waals surface area contributed by atoms with Gasteiger partial charge in [-0.2, -0.15) is 5.10 Å². The van der Waals surface area contributed by atoms with Crippen molar-refractivity contribution in [1.29, 1.82) is 0 Å². The number of nitrogens with two attached hydrogens (primary N) is 1. The summed E-state index contributed by atoms with van der Waals surface area (Å²) in [7, 11) is 0. The normalized spacial score (nSPS) is 10.8. The van der Waals surface area contributed by atoms with Crippen LogP contribution in [0.15, 0.2) is 40.0 Å². The molecule has 23 heavy (non-hydrogen) atoms. The third kappa shape index (κ3) is 5.71. The summed E-state index contributed by atoms with van der Waals surface area (Å²) in [4.78, 5) is 4.40. The van der Waals surface area contributed by atoms with E-state index in [0.29, 0.717) is 5.76 Å². The average molecular weight is 331 g/mol. The van der Waals surface area contributed by atoms with Gasteiger partial charge in [0.2, 0.25) is 0 Å². The van der Waals surface area contributed by atoms with Crippen LogP contribution in [0.5, 0.6) is 0 Å². The highest BCUT2D eigenvalue weighted by molar-refractivity contribution is 7.80. The molecule has 0 unspecified atom stereocenters. The van der Waals surface area contributed by atoms with Gasteiger partial charge in [0.05, 0.1) is 6.21 Å². The Balaban J connectivity index is 1.93. The Labute approximate surface area is 141 Å². The Morgan fingerprint density at radius 1 is 1.35 bits per heavy atom. The SMILES string of the molecule is CCCCCNc1ccc(-c2ccc(C=NNC(N)=S)o2)cn1. The number of hydrogen-bond acceptors (Lipinski definition) is 5. The summed E-state index contributed by atoms with van der Waals surface area (Å²) in [5.74, 6) is 2.20. The Kier molecular flexibility index (Phi) is 6.56. The first-order valence-corrected chi connectivity index (χ1v) is 7.98. The average Bonchev–Trinajstić information content (AvgIpc) is 3.01. The molecule has 4 N–H and O–H groups in total. The van der Waals surface area contributed by atoms with E-state index in [-0.39, 0.29) is 5.11 Å². The molecule has 122 valence electrons. The lowest BCUT2D eigenvalue weighted by molar-refractivity contribution is 0.574. The highest BCUT2D eigenvalue weighted by atomic mass is 32.1. The highest BCUT2D eigenvalue weighted by Gasteiger charge is 2.04. The molecule has 0 atom stereocenters. The summed E-state index contributed by atoms with van der Waals surface area (Å²) < 4.78 is 5.67. The Morgan fingerprint density at radius 2 is 2.22 bits per heavy atom. The van der Waals surface area contributed by atoms with Gasteiger partial charge in [0.1, 0.15) is 17.3 Å². The van der Waals surface area contributed by atoms with Gasteiger partial charge in [0, 0.05) is 18.3 Å². The summed E-state index contributed by atoms with van der Waals surface area (Å²) in [6.07, 6.45) is 6.90. The number of rotatable bonds is 8. The van der Waals surface area contributed by atoms with Gasteiger partial charge < -0.3 is 15.5 Å². The molecule has 2 rings (SSSR count). The van der Waals surface area contributed by atoms with Gasteiger partial charge in [-0.25, -0.2) is 4.98 Å². The van der Waals surface area contributed by atoms with Crippen LogP contribution in [0.4, 0.5) is 5.82 Å². The molecule has 0 aliphatic rings. The topological polar surface area (TPSA) is 88.5 Å². The maximum Gasteiger partial charge on any atom is 0.184 e. The molecule has 0 amide bonds. The van der Waals surface area contributed by atoms with Crippen molar-refractivity contribution in [2.75, 3.05) is 11.9 Å². The molecular formula is C16H21N5OS. The second-order valence-electron chi connectivity index (χ2n) is 5.00. The molecule has 0 aliphatic heterocycles. The summed E-state index contributed by atoms with van der Waals surface area (Å²) in [6.45, 7) is 3.13. The van der Waals surface area contributed by atoms with Crippen LogP contribution in [-0.2, 0) is 0 Å². The van der Waals surface area contributed by atoms with Gasteiger partial charge in [-0.05, 0) is 42.9 Å². The standard InChI is InChI=1S/C16H21N5OS/c1-2-3-4-9-18-15-8-5-12(10-19-15)14-7-6-13(22-14)11-20-21-16(17)23/h5-8,10-11H,2-4,9H2,1H3,(H,18,19)(H3,17,21,23). The summed E-state index contributed by atoms with van der Waals surface area (Å²) in [6, 6.07) is 7.61. The molecule has 0 radical (unpaired) electrons. The van der Waals surface area contributed by atoms with E-state index in [2.05, 4.69) is 40.0 Å². The van der Waals surface area contributed by atoms with Crippen molar-refractivity contribution in [3.05, 3.63) is 36.2 Å². The van der Waals surface area contributed by atoms with E-state index in [0.717, 1.165) is 30.1 Å². The fourth-order valence-electron chi connectivity index (χ4n) is 1.97. The van der Waals surface area contributed by atoms with Crippen molar-refractivity contribution in [2.45, 2.75) is 26.2 Å². The van der Waals surface area contributed by atoms with Gasteiger partial charge >= 0.3 is 0 Å². The lowest BCUT2D eigenvalue weighted by Crippen LogP contribution is -2.23. The van der Waals surface area contributed by atoms with Gasteiger partial charge in [0.25, 0.3) is 0 Å². The smallest absolute Gasteiger partial charge is 0.184 e. The second-order valence-corrected chi connectivity index (χ2v) is 5.44. The molecule has 0 aliphatic carbocycles. The molecule has 2 heterocycles. The van der Waals surface area contributed by atoms with E-state index < -0.39 is 0 Å². The molecule has 2 aromatic rings. The van der Waals surface area contributed by atoms with Crippen molar-refractivity contribution < 1.29 is 4.42 Å². The molecule has 0 saturated carbocycles. The minimum atomic E-state index is 0.110. The number of nitrogens with zero attached hydrogens (tertiary/aromatic N) is 2. The molecule has 0 aromatic carbocycles. The van der Waals surface area contributed by atoms with Crippen molar-refractivity contribution >= 4 is 29.4 Å². The maximum absolute atomic E-state index is 5.67. The van der Waals surface area contributed by atoms with E-state index in [1.165, 1.54) is 19.1 Å². The Morgan fingerprint density at radius 3 is 2.91 bits per heavy atom. The molecule has 0 spiro atoms. The highest BCUT2D eigenvalue weighted by Crippen LogP contribution is 2.21. The third-order valence-electron chi connectivity index (χ3n) is 3.13. The molecule has 0 fully saturated rings. The molecule has 2 aromatic heterocycles. The largest absolute Gasteiger partial charge is 0.455 e. The van der Waals surface area contributed by atoms with Crippen LogP contribution < -0.4 is 16.5 Å². The van der Waals surface area contributed by atoms with Gasteiger partial charge in [-0.1, -0.05) is 19.8 Å². The number of pyridine rings is 1. The van der Waals surface area contributed by atoms with E-state index in [4.69, 9.17) is 10.2 Å². The van der Waals surface area contributed by atoms with Crippen LogP contribution in [0.3, 0.4) is 0 Å².